The van der Waals surface area contributed by atoms with Gasteiger partial charge in [-0.3, -0.25) is 9.59 Å². The van der Waals surface area contributed by atoms with Crippen molar-refractivity contribution in [3.63, 3.8) is 0 Å². The molecule has 1 aromatic rings. The molecular weight excluding hydrogens is 276 g/mol. The molecule has 0 saturated heterocycles. The normalized spacial score (nSPS) is 16.0. The molecule has 2 rings (SSSR count). The number of carbonyl (C=O) groups excluding carboxylic acids is 2. The fourth-order valence-corrected chi connectivity index (χ4v) is 2.95. The Morgan fingerprint density at radius 1 is 1.23 bits per heavy atom. The summed E-state index contributed by atoms with van der Waals surface area (Å²) in [7, 11) is 0. The molecule has 0 unspecified atom stereocenters. The van der Waals surface area contributed by atoms with Crippen molar-refractivity contribution >= 4 is 11.7 Å². The molecule has 0 bridgehead atoms. The number of nitrogens with one attached hydrogen (secondary N) is 1. The molecule has 1 saturated carbocycles. The first-order valence-corrected chi connectivity index (χ1v) is 7.94. The highest BCUT2D eigenvalue weighted by molar-refractivity contribution is 6.03. The zero-order chi connectivity index (χ0) is 15.8. The van der Waals surface area contributed by atoms with Gasteiger partial charge in [-0.15, -0.1) is 0 Å². The van der Waals surface area contributed by atoms with Gasteiger partial charge < -0.3 is 5.32 Å². The van der Waals surface area contributed by atoms with Gasteiger partial charge in [0.25, 0.3) is 0 Å². The second-order valence-electron chi connectivity index (χ2n) is 5.92. The van der Waals surface area contributed by atoms with Crippen molar-refractivity contribution in [3.05, 3.63) is 35.9 Å². The van der Waals surface area contributed by atoms with Crippen LogP contribution < -0.4 is 5.32 Å². The van der Waals surface area contributed by atoms with Crippen molar-refractivity contribution in [1.82, 2.24) is 5.32 Å². The maximum absolute atomic E-state index is 12.1. The van der Waals surface area contributed by atoms with Gasteiger partial charge in [0.1, 0.15) is 0 Å². The van der Waals surface area contributed by atoms with Gasteiger partial charge in [-0.2, -0.15) is 5.26 Å². The van der Waals surface area contributed by atoms with E-state index in [4.69, 9.17) is 5.26 Å². The zero-order valence-electron chi connectivity index (χ0n) is 12.8. The molecule has 1 atom stereocenters. The zero-order valence-corrected chi connectivity index (χ0v) is 12.8. The molecule has 1 amide bonds. The Labute approximate surface area is 131 Å². The molecule has 4 nitrogen and oxygen atoms in total. The van der Waals surface area contributed by atoms with E-state index in [2.05, 4.69) is 5.32 Å². The molecule has 1 fully saturated rings. The summed E-state index contributed by atoms with van der Waals surface area (Å²) in [6, 6.07) is 11.3. The molecule has 22 heavy (non-hydrogen) atoms. The van der Waals surface area contributed by atoms with E-state index in [0.717, 1.165) is 12.0 Å². The Balaban J connectivity index is 1.80. The van der Waals surface area contributed by atoms with Gasteiger partial charge in [-0.25, -0.2) is 0 Å². The van der Waals surface area contributed by atoms with Crippen LogP contribution >= 0.6 is 0 Å². The summed E-state index contributed by atoms with van der Waals surface area (Å²) in [5, 5.41) is 11.8. The van der Waals surface area contributed by atoms with Crippen LogP contribution in [-0.2, 0) is 16.1 Å². The van der Waals surface area contributed by atoms with Crippen molar-refractivity contribution in [2.45, 2.75) is 45.1 Å². The minimum atomic E-state index is -1.18. The first kappa shape index (κ1) is 16.2. The third-order valence-corrected chi connectivity index (χ3v) is 4.30. The quantitative estimate of drug-likeness (QED) is 0.787. The summed E-state index contributed by atoms with van der Waals surface area (Å²) in [5.74, 6) is -1.32. The van der Waals surface area contributed by atoms with Gasteiger partial charge in [0.05, 0.1) is 6.07 Å². The topological polar surface area (TPSA) is 70.0 Å². The van der Waals surface area contributed by atoms with E-state index < -0.39 is 11.8 Å². The maximum atomic E-state index is 12.1. The third-order valence-electron chi connectivity index (χ3n) is 4.30. The van der Waals surface area contributed by atoms with Crippen molar-refractivity contribution in [3.8, 4) is 6.07 Å². The van der Waals surface area contributed by atoms with Crippen LogP contribution in [0, 0.1) is 23.2 Å². The molecule has 116 valence electrons. The number of hydrogen-bond donors (Lipinski definition) is 1. The first-order chi connectivity index (χ1) is 10.7. The van der Waals surface area contributed by atoms with Crippen LogP contribution in [0.4, 0.5) is 0 Å². The summed E-state index contributed by atoms with van der Waals surface area (Å²) in [4.78, 5) is 24.1. The molecule has 0 aromatic heterocycles. The van der Waals surface area contributed by atoms with Gasteiger partial charge in [0.2, 0.25) is 5.91 Å². The van der Waals surface area contributed by atoms with E-state index in [0.29, 0.717) is 18.9 Å². The highest BCUT2D eigenvalue weighted by atomic mass is 16.2. The Morgan fingerprint density at radius 3 is 2.55 bits per heavy atom. The van der Waals surface area contributed by atoms with Crippen LogP contribution in [0.25, 0.3) is 0 Å². The van der Waals surface area contributed by atoms with E-state index in [1.54, 1.807) is 0 Å². The minimum Gasteiger partial charge on any atom is -0.350 e. The fourth-order valence-electron chi connectivity index (χ4n) is 2.95. The fraction of sp³-hybridized carbons (Fsp3) is 0.500. The van der Waals surface area contributed by atoms with E-state index in [9.17, 15) is 9.59 Å². The molecule has 4 heteroatoms. The van der Waals surface area contributed by atoms with Crippen LogP contribution in [0.2, 0.25) is 0 Å². The Bertz CT molecular complexity index is 542. The van der Waals surface area contributed by atoms with Gasteiger partial charge in [-0.1, -0.05) is 56.0 Å². The lowest BCUT2D eigenvalue weighted by Gasteiger charge is -2.11. The Kier molecular flexibility index (Phi) is 6.14. The molecule has 1 aromatic carbocycles. The molecule has 0 heterocycles. The van der Waals surface area contributed by atoms with Crippen LogP contribution in [0.1, 0.15) is 44.1 Å². The molecule has 1 aliphatic carbocycles. The molecule has 0 aliphatic heterocycles. The van der Waals surface area contributed by atoms with E-state index >= 15 is 0 Å². The summed E-state index contributed by atoms with van der Waals surface area (Å²) >= 11 is 0. The van der Waals surface area contributed by atoms with Crippen LogP contribution in [-0.4, -0.2) is 11.7 Å². The average Bonchev–Trinajstić information content (AvgIpc) is 3.06. The van der Waals surface area contributed by atoms with Crippen molar-refractivity contribution in [1.29, 1.82) is 5.26 Å². The predicted octanol–water partition coefficient (Wildman–Crippen LogP) is 2.98. The molecule has 1 N–H and O–H groups in total. The summed E-state index contributed by atoms with van der Waals surface area (Å²) in [6.07, 6.45) is 5.95. The smallest absolute Gasteiger partial charge is 0.245 e. The van der Waals surface area contributed by atoms with E-state index in [1.165, 1.54) is 25.7 Å². The van der Waals surface area contributed by atoms with E-state index in [-0.39, 0.29) is 5.78 Å². The number of Topliss-reactive ketones (excluding diaryl/α,β-unsaturated/α-hetero) is 1. The number of amides is 1. The minimum absolute atomic E-state index is 0.250. The number of ketones is 1. The molecule has 1 aliphatic rings. The lowest BCUT2D eigenvalue weighted by Crippen LogP contribution is -2.34. The standard InChI is InChI=1S/C18H22N2O2/c19-12-16(17(21)11-10-14-6-4-5-7-14)18(22)20-13-15-8-2-1-3-9-15/h1-3,8-9,14,16H,4-7,10-11,13H2,(H,20,22)/t16-/m1/s1. The maximum Gasteiger partial charge on any atom is 0.245 e. The lowest BCUT2D eigenvalue weighted by atomic mass is 9.94. The summed E-state index contributed by atoms with van der Waals surface area (Å²) in [5.41, 5.74) is 0.950. The monoisotopic (exact) mass is 298 g/mol. The lowest BCUT2D eigenvalue weighted by molar-refractivity contribution is -0.131. The second kappa shape index (κ2) is 8.33. The predicted molar refractivity (Wildman–Crippen MR) is 83.6 cm³/mol. The number of carbonyl (C=O) groups is 2. The highest BCUT2D eigenvalue weighted by Gasteiger charge is 2.27. The summed E-state index contributed by atoms with van der Waals surface area (Å²) < 4.78 is 0. The van der Waals surface area contributed by atoms with Gasteiger partial charge in [-0.05, 0) is 17.9 Å². The average molecular weight is 298 g/mol. The van der Waals surface area contributed by atoms with E-state index in [1.807, 2.05) is 36.4 Å². The molecule has 0 radical (unpaired) electrons. The highest BCUT2D eigenvalue weighted by Crippen LogP contribution is 2.28. The van der Waals surface area contributed by atoms with Crippen molar-refractivity contribution < 1.29 is 9.59 Å². The Morgan fingerprint density at radius 2 is 1.91 bits per heavy atom. The van der Waals surface area contributed by atoms with Gasteiger partial charge in [0.15, 0.2) is 11.7 Å². The summed E-state index contributed by atoms with van der Waals surface area (Å²) in [6.45, 7) is 0.341. The van der Waals surface area contributed by atoms with Crippen molar-refractivity contribution in [2.24, 2.45) is 11.8 Å². The van der Waals surface area contributed by atoms with Crippen LogP contribution in [0.3, 0.4) is 0 Å². The second-order valence-corrected chi connectivity index (χ2v) is 5.92. The third kappa shape index (κ3) is 4.70. The van der Waals surface area contributed by atoms with Crippen LogP contribution in [0.5, 0.6) is 0 Å². The SMILES string of the molecule is N#C[C@H](C(=O)CCC1CCCC1)C(=O)NCc1ccccc1. The Hall–Kier alpha value is -2.15. The number of hydrogen-bond acceptors (Lipinski definition) is 3. The number of rotatable bonds is 7. The van der Waals surface area contributed by atoms with Gasteiger partial charge in [0, 0.05) is 13.0 Å². The van der Waals surface area contributed by atoms with Gasteiger partial charge >= 0.3 is 0 Å². The molecular formula is C18H22N2O2. The van der Waals surface area contributed by atoms with Crippen molar-refractivity contribution in [2.75, 3.05) is 0 Å². The number of benzene rings is 1. The van der Waals surface area contributed by atoms with Crippen LogP contribution in [0.15, 0.2) is 30.3 Å². The molecule has 0 spiro atoms. The first-order valence-electron chi connectivity index (χ1n) is 7.94. The number of nitriles is 1. The largest absolute Gasteiger partial charge is 0.350 e. The number of nitrogens with zero attached hydrogens (tertiary/aromatic N) is 1.